The number of rotatable bonds is 3. The Kier molecular flexibility index (Phi) is 5.16. The number of aliphatic carboxylic acids is 1. The maximum atomic E-state index is 13.3. The van der Waals surface area contributed by atoms with E-state index >= 15 is 0 Å². The van der Waals surface area contributed by atoms with Gasteiger partial charge in [-0.2, -0.15) is 0 Å². The number of benzene rings is 1. The topological polar surface area (TPSA) is 40.5 Å². The highest BCUT2D eigenvalue weighted by Gasteiger charge is 2.31. The zero-order valence-electron chi connectivity index (χ0n) is 11.5. The lowest BCUT2D eigenvalue weighted by atomic mass is 10.0. The third-order valence-corrected chi connectivity index (χ3v) is 4.61. The molecule has 110 valence electrons. The first-order valence-corrected chi connectivity index (χ1v) is 7.73. The molecule has 1 aromatic rings. The van der Waals surface area contributed by atoms with Gasteiger partial charge in [-0.25, -0.2) is 4.39 Å². The Balaban J connectivity index is 2.25. The van der Waals surface area contributed by atoms with Crippen molar-refractivity contribution in [3.8, 4) is 0 Å². The molecule has 0 aliphatic carbocycles. The van der Waals surface area contributed by atoms with Gasteiger partial charge >= 0.3 is 5.97 Å². The maximum absolute atomic E-state index is 13.3. The smallest absolute Gasteiger partial charge is 0.320 e. The minimum absolute atomic E-state index is 0.0360. The van der Waals surface area contributed by atoms with Crippen LogP contribution in [-0.2, 0) is 4.79 Å². The van der Waals surface area contributed by atoms with E-state index in [9.17, 15) is 14.3 Å². The fourth-order valence-corrected chi connectivity index (χ4v) is 3.22. The van der Waals surface area contributed by atoms with Crippen molar-refractivity contribution >= 4 is 21.9 Å². The van der Waals surface area contributed by atoms with Gasteiger partial charge in [0.25, 0.3) is 0 Å². The quantitative estimate of drug-likeness (QED) is 0.902. The highest BCUT2D eigenvalue weighted by atomic mass is 79.9. The van der Waals surface area contributed by atoms with E-state index in [1.54, 1.807) is 12.1 Å². The number of carboxylic acids is 1. The molecule has 1 saturated heterocycles. The van der Waals surface area contributed by atoms with Crippen LogP contribution >= 0.6 is 15.9 Å². The van der Waals surface area contributed by atoms with Crippen LogP contribution in [0.1, 0.15) is 44.2 Å². The summed E-state index contributed by atoms with van der Waals surface area (Å²) in [6, 6.07) is 4.41. The van der Waals surface area contributed by atoms with E-state index in [2.05, 4.69) is 15.9 Å². The van der Waals surface area contributed by atoms with Gasteiger partial charge in [-0.15, -0.1) is 0 Å². The van der Waals surface area contributed by atoms with Crippen molar-refractivity contribution in [2.75, 3.05) is 6.54 Å². The number of likely N-dealkylation sites (tertiary alicyclic amines) is 1. The van der Waals surface area contributed by atoms with Crippen molar-refractivity contribution in [2.45, 2.75) is 44.7 Å². The van der Waals surface area contributed by atoms with Crippen molar-refractivity contribution < 1.29 is 14.3 Å². The Bertz CT molecular complexity index is 495. The second-order valence-electron chi connectivity index (χ2n) is 5.29. The number of carboxylic acid groups (broad SMARTS) is 1. The van der Waals surface area contributed by atoms with Gasteiger partial charge in [0.15, 0.2) is 0 Å². The number of halogens is 2. The standard InChI is InChI=1S/C15H19BrFNO2/c1-10(11-6-7-13(17)12(16)9-11)18-8-4-2-3-5-14(18)15(19)20/h6-7,9-10,14H,2-5,8H2,1H3,(H,19,20). The van der Waals surface area contributed by atoms with Gasteiger partial charge in [0, 0.05) is 6.04 Å². The molecule has 0 amide bonds. The Labute approximate surface area is 126 Å². The van der Waals surface area contributed by atoms with E-state index in [1.165, 1.54) is 6.07 Å². The zero-order valence-corrected chi connectivity index (χ0v) is 13.1. The van der Waals surface area contributed by atoms with Gasteiger partial charge in [0.05, 0.1) is 4.47 Å². The number of carbonyl (C=O) groups is 1. The largest absolute Gasteiger partial charge is 0.480 e. The SMILES string of the molecule is CC(c1ccc(F)c(Br)c1)N1CCCCCC1C(=O)O. The third-order valence-electron chi connectivity index (χ3n) is 4.00. The molecule has 2 atom stereocenters. The fourth-order valence-electron chi connectivity index (χ4n) is 2.82. The summed E-state index contributed by atoms with van der Waals surface area (Å²) < 4.78 is 13.7. The minimum atomic E-state index is -0.764. The summed E-state index contributed by atoms with van der Waals surface area (Å²) in [6.45, 7) is 2.76. The minimum Gasteiger partial charge on any atom is -0.480 e. The number of hydrogen-bond donors (Lipinski definition) is 1. The Morgan fingerprint density at radius 1 is 1.45 bits per heavy atom. The summed E-state index contributed by atoms with van der Waals surface area (Å²) in [5.74, 6) is -1.06. The van der Waals surface area contributed by atoms with Crippen LogP contribution in [0.2, 0.25) is 0 Å². The van der Waals surface area contributed by atoms with Crippen LogP contribution in [0.5, 0.6) is 0 Å². The van der Waals surface area contributed by atoms with Gasteiger partial charge in [-0.05, 0) is 59.9 Å². The van der Waals surface area contributed by atoms with Crippen molar-refractivity contribution in [1.29, 1.82) is 0 Å². The van der Waals surface area contributed by atoms with Crippen LogP contribution in [0.4, 0.5) is 4.39 Å². The van der Waals surface area contributed by atoms with Crippen LogP contribution in [0, 0.1) is 5.82 Å². The molecule has 1 aliphatic heterocycles. The lowest BCUT2D eigenvalue weighted by Gasteiger charge is -2.33. The summed E-state index contributed by atoms with van der Waals surface area (Å²) in [4.78, 5) is 13.5. The van der Waals surface area contributed by atoms with E-state index in [4.69, 9.17) is 0 Å². The molecule has 0 saturated carbocycles. The molecule has 3 nitrogen and oxygen atoms in total. The van der Waals surface area contributed by atoms with Crippen molar-refractivity contribution in [1.82, 2.24) is 4.90 Å². The average Bonchev–Trinajstić information content (AvgIpc) is 2.66. The van der Waals surface area contributed by atoms with Gasteiger partial charge in [0.1, 0.15) is 11.9 Å². The third kappa shape index (κ3) is 3.38. The summed E-state index contributed by atoms with van der Waals surface area (Å²) >= 11 is 3.19. The molecule has 2 unspecified atom stereocenters. The van der Waals surface area contributed by atoms with Gasteiger partial charge in [0.2, 0.25) is 0 Å². The second-order valence-corrected chi connectivity index (χ2v) is 6.15. The molecule has 1 fully saturated rings. The molecule has 0 radical (unpaired) electrons. The van der Waals surface area contributed by atoms with Gasteiger partial charge < -0.3 is 5.11 Å². The Morgan fingerprint density at radius 3 is 2.85 bits per heavy atom. The molecular weight excluding hydrogens is 325 g/mol. The highest BCUT2D eigenvalue weighted by Crippen LogP contribution is 2.30. The van der Waals surface area contributed by atoms with Gasteiger partial charge in [-0.1, -0.05) is 18.9 Å². The lowest BCUT2D eigenvalue weighted by Crippen LogP contribution is -2.42. The summed E-state index contributed by atoms with van der Waals surface area (Å²) in [7, 11) is 0. The molecule has 0 bridgehead atoms. The van der Waals surface area contributed by atoms with Crippen molar-refractivity contribution in [3.05, 3.63) is 34.1 Å². The molecule has 1 N–H and O–H groups in total. The summed E-state index contributed by atoms with van der Waals surface area (Å²) in [5.41, 5.74) is 0.937. The average molecular weight is 344 g/mol. The molecule has 1 aliphatic rings. The first-order valence-electron chi connectivity index (χ1n) is 6.94. The first kappa shape index (κ1) is 15.4. The molecular formula is C15H19BrFNO2. The van der Waals surface area contributed by atoms with Crippen LogP contribution < -0.4 is 0 Å². The Morgan fingerprint density at radius 2 is 2.20 bits per heavy atom. The fraction of sp³-hybridized carbons (Fsp3) is 0.533. The van der Waals surface area contributed by atoms with Crippen LogP contribution in [0.25, 0.3) is 0 Å². The van der Waals surface area contributed by atoms with Crippen LogP contribution in [0.15, 0.2) is 22.7 Å². The van der Waals surface area contributed by atoms with E-state index in [0.717, 1.165) is 31.4 Å². The normalized spacial score (nSPS) is 22.2. The number of hydrogen-bond acceptors (Lipinski definition) is 2. The van der Waals surface area contributed by atoms with E-state index in [1.807, 2.05) is 11.8 Å². The predicted molar refractivity (Wildman–Crippen MR) is 79.1 cm³/mol. The molecule has 0 aromatic heterocycles. The lowest BCUT2D eigenvalue weighted by molar-refractivity contribution is -0.144. The molecule has 0 spiro atoms. The van der Waals surface area contributed by atoms with E-state index in [0.29, 0.717) is 10.9 Å². The first-order chi connectivity index (χ1) is 9.50. The monoisotopic (exact) mass is 343 g/mol. The number of nitrogens with zero attached hydrogens (tertiary/aromatic N) is 1. The summed E-state index contributed by atoms with van der Waals surface area (Å²) in [6.07, 6.45) is 3.71. The molecule has 1 aromatic carbocycles. The van der Waals surface area contributed by atoms with E-state index in [-0.39, 0.29) is 11.9 Å². The van der Waals surface area contributed by atoms with E-state index < -0.39 is 12.0 Å². The zero-order chi connectivity index (χ0) is 14.7. The van der Waals surface area contributed by atoms with Crippen molar-refractivity contribution in [3.63, 3.8) is 0 Å². The van der Waals surface area contributed by atoms with Crippen LogP contribution in [0.3, 0.4) is 0 Å². The molecule has 1 heterocycles. The molecule has 5 heteroatoms. The van der Waals surface area contributed by atoms with Crippen LogP contribution in [-0.4, -0.2) is 28.6 Å². The predicted octanol–water partition coefficient (Wildman–Crippen LogP) is 3.98. The summed E-state index contributed by atoms with van der Waals surface area (Å²) in [5, 5.41) is 9.42. The molecule has 20 heavy (non-hydrogen) atoms. The second kappa shape index (κ2) is 6.68. The Hall–Kier alpha value is -0.940. The maximum Gasteiger partial charge on any atom is 0.320 e. The van der Waals surface area contributed by atoms with Crippen molar-refractivity contribution in [2.24, 2.45) is 0 Å². The highest BCUT2D eigenvalue weighted by molar-refractivity contribution is 9.10. The van der Waals surface area contributed by atoms with Gasteiger partial charge in [-0.3, -0.25) is 9.69 Å². The molecule has 2 rings (SSSR count).